The molecular formula is C15H27N3. The van der Waals surface area contributed by atoms with Crippen LogP contribution in [-0.4, -0.2) is 24.5 Å². The predicted octanol–water partition coefficient (Wildman–Crippen LogP) is 2.65. The average molecular weight is 249 g/mol. The van der Waals surface area contributed by atoms with Gasteiger partial charge in [0.2, 0.25) is 0 Å². The quantitative estimate of drug-likeness (QED) is 0.622. The maximum absolute atomic E-state index is 5.75. The van der Waals surface area contributed by atoms with Crippen molar-refractivity contribution in [2.24, 2.45) is 5.84 Å². The zero-order valence-corrected chi connectivity index (χ0v) is 12.5. The van der Waals surface area contributed by atoms with Gasteiger partial charge in [0.25, 0.3) is 0 Å². The Hall–Kier alpha value is -0.900. The van der Waals surface area contributed by atoms with Gasteiger partial charge in [-0.25, -0.2) is 0 Å². The normalized spacial score (nSPS) is 14.3. The second-order valence-electron chi connectivity index (χ2n) is 5.97. The third-order valence-electron chi connectivity index (χ3n) is 3.96. The van der Waals surface area contributed by atoms with Crippen LogP contribution in [-0.2, 0) is 0 Å². The van der Waals surface area contributed by atoms with Crippen molar-refractivity contribution in [3.8, 4) is 0 Å². The molecule has 0 bridgehead atoms. The zero-order chi connectivity index (χ0) is 13.9. The second kappa shape index (κ2) is 5.83. The Morgan fingerprint density at radius 2 is 1.50 bits per heavy atom. The third-order valence-corrected chi connectivity index (χ3v) is 3.96. The lowest BCUT2D eigenvalue weighted by atomic mass is 9.87. The van der Waals surface area contributed by atoms with Gasteiger partial charge in [-0.3, -0.25) is 11.3 Å². The zero-order valence-electron chi connectivity index (χ0n) is 12.5. The molecule has 1 aromatic carbocycles. The van der Waals surface area contributed by atoms with Crippen LogP contribution in [0.3, 0.4) is 0 Å². The fourth-order valence-corrected chi connectivity index (χ4v) is 2.04. The molecule has 1 atom stereocenters. The van der Waals surface area contributed by atoms with Crippen molar-refractivity contribution in [2.45, 2.75) is 45.2 Å². The molecular weight excluding hydrogens is 222 g/mol. The molecule has 0 aromatic heterocycles. The summed E-state index contributed by atoms with van der Waals surface area (Å²) in [4.78, 5) is 2.19. The molecule has 0 saturated heterocycles. The molecule has 1 rings (SSSR count). The highest BCUT2D eigenvalue weighted by molar-refractivity contribution is 5.28. The fourth-order valence-electron chi connectivity index (χ4n) is 2.04. The number of hydrogen-bond donors (Lipinski definition) is 2. The molecule has 0 spiro atoms. The summed E-state index contributed by atoms with van der Waals surface area (Å²) in [5.74, 6) is 6.31. The van der Waals surface area contributed by atoms with E-state index in [1.165, 1.54) is 11.1 Å². The fraction of sp³-hybridized carbons (Fsp3) is 0.600. The average Bonchev–Trinajstić information content (AvgIpc) is 2.30. The molecule has 102 valence electrons. The van der Waals surface area contributed by atoms with Gasteiger partial charge in [0, 0.05) is 5.54 Å². The molecule has 0 radical (unpaired) electrons. The predicted molar refractivity (Wildman–Crippen MR) is 78.4 cm³/mol. The van der Waals surface area contributed by atoms with Gasteiger partial charge in [0.1, 0.15) is 0 Å². The molecule has 0 fully saturated rings. The van der Waals surface area contributed by atoms with Crippen LogP contribution < -0.4 is 11.3 Å². The van der Waals surface area contributed by atoms with Crippen molar-refractivity contribution < 1.29 is 0 Å². The second-order valence-corrected chi connectivity index (χ2v) is 5.97. The summed E-state index contributed by atoms with van der Waals surface area (Å²) in [7, 11) is 4.15. The minimum atomic E-state index is -0.0475. The van der Waals surface area contributed by atoms with E-state index in [9.17, 15) is 0 Å². The first-order valence-electron chi connectivity index (χ1n) is 6.54. The van der Waals surface area contributed by atoms with Crippen molar-refractivity contribution in [2.75, 3.05) is 14.1 Å². The first-order chi connectivity index (χ1) is 8.30. The third kappa shape index (κ3) is 3.10. The standard InChI is InChI=1S/C15H27N3/c1-11(2)12-7-9-13(10-8-12)14(17-16)15(3,4)18(5)6/h7-11,14,17H,16H2,1-6H3. The molecule has 0 amide bonds. The SMILES string of the molecule is CC(C)c1ccc(C(NN)C(C)(C)N(C)C)cc1. The number of hydrogen-bond acceptors (Lipinski definition) is 3. The molecule has 3 heteroatoms. The van der Waals surface area contributed by atoms with Crippen LogP contribution in [0.5, 0.6) is 0 Å². The van der Waals surface area contributed by atoms with Crippen LogP contribution >= 0.6 is 0 Å². The van der Waals surface area contributed by atoms with E-state index in [1.54, 1.807) is 0 Å². The van der Waals surface area contributed by atoms with Gasteiger partial charge in [-0.15, -0.1) is 0 Å². The minimum Gasteiger partial charge on any atom is -0.302 e. The first kappa shape index (κ1) is 15.2. The van der Waals surface area contributed by atoms with Gasteiger partial charge in [-0.05, 0) is 45.0 Å². The molecule has 1 aromatic rings. The van der Waals surface area contributed by atoms with Gasteiger partial charge in [0.15, 0.2) is 0 Å². The van der Waals surface area contributed by atoms with Crippen LogP contribution in [0.15, 0.2) is 24.3 Å². The summed E-state index contributed by atoms with van der Waals surface area (Å²) in [5, 5.41) is 0. The van der Waals surface area contributed by atoms with E-state index in [0.717, 1.165) is 0 Å². The van der Waals surface area contributed by atoms with E-state index >= 15 is 0 Å². The van der Waals surface area contributed by atoms with Crippen LogP contribution in [0.25, 0.3) is 0 Å². The number of likely N-dealkylation sites (N-methyl/N-ethyl adjacent to an activating group) is 1. The summed E-state index contributed by atoms with van der Waals surface area (Å²) >= 11 is 0. The smallest absolute Gasteiger partial charge is 0.0638 e. The lowest BCUT2D eigenvalue weighted by Crippen LogP contribution is -2.51. The topological polar surface area (TPSA) is 41.3 Å². The molecule has 0 saturated carbocycles. The van der Waals surface area contributed by atoms with E-state index in [2.05, 4.69) is 76.4 Å². The van der Waals surface area contributed by atoms with Gasteiger partial charge in [-0.2, -0.15) is 0 Å². The Labute approximate surface area is 111 Å². The molecule has 0 aliphatic carbocycles. The van der Waals surface area contributed by atoms with E-state index in [1.807, 2.05) is 0 Å². The summed E-state index contributed by atoms with van der Waals surface area (Å²) in [6.07, 6.45) is 0. The molecule has 0 aliphatic heterocycles. The Morgan fingerprint density at radius 3 is 1.83 bits per heavy atom. The lowest BCUT2D eigenvalue weighted by molar-refractivity contribution is 0.138. The van der Waals surface area contributed by atoms with Gasteiger partial charge < -0.3 is 4.90 Å². The number of rotatable bonds is 5. The number of nitrogens with two attached hydrogens (primary N) is 1. The van der Waals surface area contributed by atoms with Crippen molar-refractivity contribution in [1.29, 1.82) is 0 Å². The van der Waals surface area contributed by atoms with Crippen molar-refractivity contribution >= 4 is 0 Å². The highest BCUT2D eigenvalue weighted by atomic mass is 15.3. The molecule has 1 unspecified atom stereocenters. The van der Waals surface area contributed by atoms with Gasteiger partial charge in [-0.1, -0.05) is 38.1 Å². The summed E-state index contributed by atoms with van der Waals surface area (Å²) in [6.45, 7) is 8.79. The van der Waals surface area contributed by atoms with Crippen LogP contribution in [0.4, 0.5) is 0 Å². The molecule has 3 nitrogen and oxygen atoms in total. The maximum Gasteiger partial charge on any atom is 0.0638 e. The van der Waals surface area contributed by atoms with Crippen LogP contribution in [0.2, 0.25) is 0 Å². The number of nitrogens with zero attached hydrogens (tertiary/aromatic N) is 1. The van der Waals surface area contributed by atoms with E-state index in [0.29, 0.717) is 5.92 Å². The molecule has 3 N–H and O–H groups in total. The van der Waals surface area contributed by atoms with E-state index < -0.39 is 0 Å². The molecule has 0 heterocycles. The highest BCUT2D eigenvalue weighted by Crippen LogP contribution is 2.29. The molecule has 18 heavy (non-hydrogen) atoms. The Morgan fingerprint density at radius 1 is 1.06 bits per heavy atom. The van der Waals surface area contributed by atoms with E-state index in [-0.39, 0.29) is 11.6 Å². The first-order valence-corrected chi connectivity index (χ1v) is 6.54. The molecule has 0 aliphatic rings. The summed E-state index contributed by atoms with van der Waals surface area (Å²) < 4.78 is 0. The maximum atomic E-state index is 5.75. The Balaban J connectivity index is 3.03. The van der Waals surface area contributed by atoms with Crippen LogP contribution in [0.1, 0.15) is 50.8 Å². The Bertz CT molecular complexity index is 366. The van der Waals surface area contributed by atoms with E-state index in [4.69, 9.17) is 5.84 Å². The summed E-state index contributed by atoms with van der Waals surface area (Å²) in [5.41, 5.74) is 5.48. The minimum absolute atomic E-state index is 0.0475. The van der Waals surface area contributed by atoms with Gasteiger partial charge in [0.05, 0.1) is 6.04 Å². The van der Waals surface area contributed by atoms with Gasteiger partial charge >= 0.3 is 0 Å². The van der Waals surface area contributed by atoms with Crippen molar-refractivity contribution in [3.05, 3.63) is 35.4 Å². The largest absolute Gasteiger partial charge is 0.302 e. The number of benzene rings is 1. The van der Waals surface area contributed by atoms with Crippen LogP contribution in [0, 0.1) is 0 Å². The lowest BCUT2D eigenvalue weighted by Gasteiger charge is -2.40. The number of hydrazine groups is 1. The Kier molecular flexibility index (Phi) is 4.91. The monoisotopic (exact) mass is 249 g/mol. The summed E-state index contributed by atoms with van der Waals surface area (Å²) in [6, 6.07) is 8.83. The number of nitrogens with one attached hydrogen (secondary N) is 1. The van der Waals surface area contributed by atoms with Crippen molar-refractivity contribution in [3.63, 3.8) is 0 Å². The highest BCUT2D eigenvalue weighted by Gasteiger charge is 2.31. The van der Waals surface area contributed by atoms with Crippen molar-refractivity contribution in [1.82, 2.24) is 10.3 Å².